The average Bonchev–Trinajstić information content (AvgIpc) is 2.35. The average molecular weight is 236 g/mol. The number of anilines is 1. The lowest BCUT2D eigenvalue weighted by Crippen LogP contribution is -2.05. The number of pyridine rings is 1. The van der Waals surface area contributed by atoms with Gasteiger partial charge in [-0.1, -0.05) is 0 Å². The van der Waals surface area contributed by atoms with E-state index in [-0.39, 0.29) is 11.4 Å². The maximum atomic E-state index is 10.9. The Balaban J connectivity index is 3.04. The van der Waals surface area contributed by atoms with Crippen molar-refractivity contribution in [3.63, 3.8) is 0 Å². The van der Waals surface area contributed by atoms with Crippen LogP contribution < -0.4 is 5.32 Å². The highest BCUT2D eigenvalue weighted by atomic mass is 16.5. The van der Waals surface area contributed by atoms with E-state index in [1.54, 1.807) is 7.05 Å². The van der Waals surface area contributed by atoms with E-state index in [1.165, 1.54) is 31.5 Å². The predicted molar refractivity (Wildman–Crippen MR) is 61.8 cm³/mol. The number of hydrogen-bond donors (Lipinski definition) is 2. The van der Waals surface area contributed by atoms with Crippen LogP contribution in [-0.2, 0) is 9.53 Å². The fourth-order valence-electron chi connectivity index (χ4n) is 1.17. The Morgan fingerprint density at radius 2 is 2.24 bits per heavy atom. The molecule has 0 unspecified atom stereocenters. The Morgan fingerprint density at radius 3 is 2.76 bits per heavy atom. The molecule has 1 heterocycles. The number of methoxy groups -OCH3 is 1. The van der Waals surface area contributed by atoms with Crippen LogP contribution >= 0.6 is 0 Å². The van der Waals surface area contributed by atoms with Gasteiger partial charge >= 0.3 is 11.9 Å². The van der Waals surface area contributed by atoms with Crippen molar-refractivity contribution in [1.82, 2.24) is 4.98 Å². The Morgan fingerprint density at radius 1 is 1.53 bits per heavy atom. The van der Waals surface area contributed by atoms with Gasteiger partial charge in [-0.05, 0) is 17.7 Å². The minimum absolute atomic E-state index is 0.0412. The summed E-state index contributed by atoms with van der Waals surface area (Å²) in [4.78, 5) is 25.7. The molecule has 0 spiro atoms. The molecule has 1 rings (SSSR count). The van der Waals surface area contributed by atoms with E-state index in [9.17, 15) is 9.59 Å². The lowest BCUT2D eigenvalue weighted by molar-refractivity contribution is -0.134. The van der Waals surface area contributed by atoms with E-state index in [1.807, 2.05) is 0 Å². The van der Waals surface area contributed by atoms with Crippen LogP contribution in [0.1, 0.15) is 15.9 Å². The first-order valence-electron chi connectivity index (χ1n) is 4.75. The van der Waals surface area contributed by atoms with E-state index in [0.29, 0.717) is 5.56 Å². The van der Waals surface area contributed by atoms with Crippen LogP contribution in [-0.4, -0.2) is 36.2 Å². The Bertz CT molecular complexity index is 469. The molecule has 0 atom stereocenters. The van der Waals surface area contributed by atoms with E-state index >= 15 is 0 Å². The minimum atomic E-state index is -1.09. The molecule has 0 amide bonds. The first kappa shape index (κ1) is 12.7. The number of aromatic carboxylic acids is 1. The zero-order valence-corrected chi connectivity index (χ0v) is 9.43. The SMILES string of the molecule is CNc1ncc(C=CC(=O)OC)cc1C(=O)O. The highest BCUT2D eigenvalue weighted by Gasteiger charge is 2.10. The van der Waals surface area contributed by atoms with E-state index in [2.05, 4.69) is 15.0 Å². The number of carbonyl (C=O) groups is 2. The number of nitrogens with one attached hydrogen (secondary N) is 1. The van der Waals surface area contributed by atoms with Crippen molar-refractivity contribution in [3.05, 3.63) is 29.5 Å². The predicted octanol–water partition coefficient (Wildman–Crippen LogP) is 1.01. The summed E-state index contributed by atoms with van der Waals surface area (Å²) in [5.74, 6) is -1.33. The number of ether oxygens (including phenoxy) is 1. The van der Waals surface area contributed by atoms with Crippen molar-refractivity contribution >= 4 is 23.8 Å². The van der Waals surface area contributed by atoms with Gasteiger partial charge in [-0.3, -0.25) is 0 Å². The molecular weight excluding hydrogens is 224 g/mol. The molecule has 90 valence electrons. The summed E-state index contributed by atoms with van der Waals surface area (Å²) in [6.07, 6.45) is 4.09. The fourth-order valence-corrected chi connectivity index (χ4v) is 1.17. The molecule has 0 fully saturated rings. The lowest BCUT2D eigenvalue weighted by Gasteiger charge is -2.04. The smallest absolute Gasteiger partial charge is 0.339 e. The quantitative estimate of drug-likeness (QED) is 0.599. The van der Waals surface area contributed by atoms with Gasteiger partial charge in [-0.25, -0.2) is 14.6 Å². The molecule has 2 N–H and O–H groups in total. The fraction of sp³-hybridized carbons (Fsp3) is 0.182. The van der Waals surface area contributed by atoms with Crippen molar-refractivity contribution < 1.29 is 19.4 Å². The Kier molecular flexibility index (Phi) is 4.21. The van der Waals surface area contributed by atoms with Crippen LogP contribution in [0.2, 0.25) is 0 Å². The number of rotatable bonds is 4. The summed E-state index contributed by atoms with van der Waals surface area (Å²) in [7, 11) is 2.84. The Hall–Kier alpha value is -2.37. The number of carbonyl (C=O) groups excluding carboxylic acids is 1. The van der Waals surface area contributed by atoms with Gasteiger partial charge in [0.05, 0.1) is 7.11 Å². The van der Waals surface area contributed by atoms with Crippen molar-refractivity contribution in [2.75, 3.05) is 19.5 Å². The van der Waals surface area contributed by atoms with Gasteiger partial charge in [0.15, 0.2) is 0 Å². The van der Waals surface area contributed by atoms with Crippen LogP contribution in [0.15, 0.2) is 18.3 Å². The number of nitrogens with zero attached hydrogens (tertiary/aromatic N) is 1. The third kappa shape index (κ3) is 3.30. The van der Waals surface area contributed by atoms with E-state index in [0.717, 1.165) is 0 Å². The van der Waals surface area contributed by atoms with Crippen LogP contribution in [0.25, 0.3) is 6.08 Å². The molecule has 0 aromatic carbocycles. The molecule has 1 aromatic heterocycles. The zero-order valence-electron chi connectivity index (χ0n) is 9.43. The van der Waals surface area contributed by atoms with E-state index < -0.39 is 11.9 Å². The first-order valence-corrected chi connectivity index (χ1v) is 4.75. The molecule has 0 bridgehead atoms. The maximum Gasteiger partial charge on any atom is 0.339 e. The largest absolute Gasteiger partial charge is 0.478 e. The van der Waals surface area contributed by atoms with Crippen molar-refractivity contribution in [2.24, 2.45) is 0 Å². The second kappa shape index (κ2) is 5.64. The van der Waals surface area contributed by atoms with Crippen LogP contribution in [0.3, 0.4) is 0 Å². The minimum Gasteiger partial charge on any atom is -0.478 e. The van der Waals surface area contributed by atoms with Gasteiger partial charge in [-0.15, -0.1) is 0 Å². The van der Waals surface area contributed by atoms with E-state index in [4.69, 9.17) is 5.11 Å². The first-order chi connectivity index (χ1) is 8.08. The summed E-state index contributed by atoms with van der Waals surface area (Å²) < 4.78 is 4.42. The topological polar surface area (TPSA) is 88.5 Å². The third-order valence-electron chi connectivity index (χ3n) is 1.99. The standard InChI is InChI=1S/C11H12N2O4/c1-12-10-8(11(15)16)5-7(6-13-10)3-4-9(14)17-2/h3-6H,1-2H3,(H,12,13)(H,15,16). The summed E-state index contributed by atoms with van der Waals surface area (Å²) in [6.45, 7) is 0. The number of esters is 1. The van der Waals surface area contributed by atoms with Crippen molar-refractivity contribution in [3.8, 4) is 0 Å². The monoisotopic (exact) mass is 236 g/mol. The molecule has 0 radical (unpaired) electrons. The van der Waals surface area contributed by atoms with Crippen LogP contribution in [0.5, 0.6) is 0 Å². The summed E-state index contributed by atoms with van der Waals surface area (Å²) in [5.41, 5.74) is 0.548. The zero-order chi connectivity index (χ0) is 12.8. The van der Waals surface area contributed by atoms with Crippen LogP contribution in [0.4, 0.5) is 5.82 Å². The number of aromatic nitrogens is 1. The lowest BCUT2D eigenvalue weighted by atomic mass is 10.1. The molecule has 0 aliphatic rings. The van der Waals surface area contributed by atoms with Gasteiger partial charge in [-0.2, -0.15) is 0 Å². The molecule has 17 heavy (non-hydrogen) atoms. The van der Waals surface area contributed by atoms with Gasteiger partial charge in [0.2, 0.25) is 0 Å². The highest BCUT2D eigenvalue weighted by Crippen LogP contribution is 2.14. The number of carboxylic acids is 1. The molecule has 0 aliphatic heterocycles. The second-order valence-electron chi connectivity index (χ2n) is 3.08. The van der Waals surface area contributed by atoms with Gasteiger partial charge in [0.1, 0.15) is 11.4 Å². The summed E-state index contributed by atoms with van der Waals surface area (Å²) in [6, 6.07) is 1.42. The van der Waals surface area contributed by atoms with Gasteiger partial charge in [0, 0.05) is 19.3 Å². The Labute approximate surface area is 97.9 Å². The summed E-state index contributed by atoms with van der Waals surface area (Å²) in [5, 5.41) is 11.6. The van der Waals surface area contributed by atoms with Crippen molar-refractivity contribution in [1.29, 1.82) is 0 Å². The van der Waals surface area contributed by atoms with Gasteiger partial charge in [0.25, 0.3) is 0 Å². The molecule has 6 heteroatoms. The van der Waals surface area contributed by atoms with Crippen LogP contribution in [0, 0.1) is 0 Å². The molecule has 1 aromatic rings. The number of carboxylic acid groups (broad SMARTS) is 1. The molecule has 0 saturated heterocycles. The summed E-state index contributed by atoms with van der Waals surface area (Å²) >= 11 is 0. The highest BCUT2D eigenvalue weighted by molar-refractivity contribution is 5.94. The van der Waals surface area contributed by atoms with Crippen molar-refractivity contribution in [2.45, 2.75) is 0 Å². The normalized spacial score (nSPS) is 10.2. The van der Waals surface area contributed by atoms with Gasteiger partial charge < -0.3 is 15.2 Å². The second-order valence-corrected chi connectivity index (χ2v) is 3.08. The molecule has 0 aliphatic carbocycles. The molecule has 0 saturated carbocycles. The number of hydrogen-bond acceptors (Lipinski definition) is 5. The molecular formula is C11H12N2O4. The maximum absolute atomic E-state index is 10.9. The third-order valence-corrected chi connectivity index (χ3v) is 1.99. The molecule has 6 nitrogen and oxygen atoms in total.